The number of aliphatic imine (C=N–C) groups is 1. The van der Waals surface area contributed by atoms with Gasteiger partial charge in [-0.3, -0.25) is 4.57 Å². The molecule has 5 nitrogen and oxygen atoms in total. The molecule has 0 aliphatic carbocycles. The van der Waals surface area contributed by atoms with Crippen molar-refractivity contribution in [2.45, 2.75) is 6.54 Å². The van der Waals surface area contributed by atoms with Gasteiger partial charge in [-0.2, -0.15) is 0 Å². The van der Waals surface area contributed by atoms with Crippen molar-refractivity contribution in [3.8, 4) is 0 Å². The van der Waals surface area contributed by atoms with E-state index in [0.29, 0.717) is 6.54 Å². The van der Waals surface area contributed by atoms with Gasteiger partial charge < -0.3 is 0 Å². The van der Waals surface area contributed by atoms with Crippen molar-refractivity contribution in [1.82, 2.24) is 14.8 Å². The minimum Gasteiger partial charge on any atom is -0.293 e. The molecule has 15 heavy (non-hydrogen) atoms. The van der Waals surface area contributed by atoms with Crippen LogP contribution >= 0.6 is 0 Å². The molecule has 0 radical (unpaired) electrons. The number of carbonyl (C=O) groups excluding carboxylic acids is 1. The smallest absolute Gasteiger partial charge is 0.261 e. The zero-order valence-corrected chi connectivity index (χ0v) is 7.87. The summed E-state index contributed by atoms with van der Waals surface area (Å²) in [5, 5.41) is 7.36. The molecular weight excluding hydrogens is 192 g/mol. The summed E-state index contributed by atoms with van der Waals surface area (Å²) in [6.07, 6.45) is 2.98. The van der Waals surface area contributed by atoms with E-state index in [1.165, 1.54) is 12.4 Å². The number of aromatic nitrogens is 3. The van der Waals surface area contributed by atoms with E-state index in [-0.39, 0.29) is 5.95 Å². The van der Waals surface area contributed by atoms with Crippen molar-refractivity contribution < 1.29 is 4.79 Å². The van der Waals surface area contributed by atoms with Gasteiger partial charge in [-0.25, -0.2) is 4.79 Å². The highest BCUT2D eigenvalue weighted by Crippen LogP contribution is 2.09. The summed E-state index contributed by atoms with van der Waals surface area (Å²) in [4.78, 5) is 13.6. The zero-order chi connectivity index (χ0) is 10.5. The molecule has 1 aromatic carbocycles. The van der Waals surface area contributed by atoms with Crippen LogP contribution in [0.4, 0.5) is 5.95 Å². The molecule has 1 heterocycles. The molecule has 0 bridgehead atoms. The molecule has 0 spiro atoms. The molecule has 0 fully saturated rings. The van der Waals surface area contributed by atoms with Crippen LogP contribution in [0.5, 0.6) is 0 Å². The van der Waals surface area contributed by atoms with Gasteiger partial charge in [0.05, 0.1) is 6.54 Å². The number of hydrogen-bond acceptors (Lipinski definition) is 4. The normalized spacial score (nSPS) is 9.60. The highest BCUT2D eigenvalue weighted by atomic mass is 16.1. The van der Waals surface area contributed by atoms with Crippen LogP contribution in [0.1, 0.15) is 5.56 Å². The van der Waals surface area contributed by atoms with Crippen LogP contribution in [0.2, 0.25) is 0 Å². The second-order valence-electron chi connectivity index (χ2n) is 2.95. The first-order valence-corrected chi connectivity index (χ1v) is 4.40. The Kier molecular flexibility index (Phi) is 2.67. The summed E-state index contributed by atoms with van der Waals surface area (Å²) in [5.41, 5.74) is 1.10. The maximum atomic E-state index is 10.1. The van der Waals surface area contributed by atoms with Gasteiger partial charge in [0.25, 0.3) is 5.95 Å². The lowest BCUT2D eigenvalue weighted by molar-refractivity contribution is 0.564. The summed E-state index contributed by atoms with van der Waals surface area (Å²) < 4.78 is 1.68. The number of isocyanates is 1. The Labute approximate surface area is 86.1 Å². The van der Waals surface area contributed by atoms with Crippen LogP contribution in [0.25, 0.3) is 0 Å². The van der Waals surface area contributed by atoms with Gasteiger partial charge in [0, 0.05) is 0 Å². The molecule has 0 aliphatic rings. The molecule has 0 saturated heterocycles. The van der Waals surface area contributed by atoms with E-state index < -0.39 is 0 Å². The lowest BCUT2D eigenvalue weighted by Gasteiger charge is -2.01. The van der Waals surface area contributed by atoms with Gasteiger partial charge in [-0.15, -0.1) is 15.2 Å². The van der Waals surface area contributed by atoms with E-state index >= 15 is 0 Å². The van der Waals surface area contributed by atoms with Gasteiger partial charge in [0.2, 0.25) is 6.08 Å². The Morgan fingerprint density at radius 3 is 2.87 bits per heavy atom. The molecule has 0 aliphatic heterocycles. The van der Waals surface area contributed by atoms with Crippen molar-refractivity contribution >= 4 is 12.0 Å². The third kappa shape index (κ3) is 2.15. The monoisotopic (exact) mass is 200 g/mol. The van der Waals surface area contributed by atoms with Gasteiger partial charge in [0.15, 0.2) is 0 Å². The molecule has 2 aromatic rings. The summed E-state index contributed by atoms with van der Waals surface area (Å²) >= 11 is 0. The standard InChI is InChI=1S/C10H8N4O/c15-8-11-10-13-12-7-14(10)6-9-4-2-1-3-5-9/h1-5,7H,6H2. The van der Waals surface area contributed by atoms with E-state index in [9.17, 15) is 4.79 Å². The zero-order valence-electron chi connectivity index (χ0n) is 7.87. The van der Waals surface area contributed by atoms with Crippen LogP contribution in [0.15, 0.2) is 41.7 Å². The van der Waals surface area contributed by atoms with Crippen molar-refractivity contribution in [3.05, 3.63) is 42.2 Å². The van der Waals surface area contributed by atoms with Gasteiger partial charge in [0.1, 0.15) is 6.33 Å². The first-order chi connectivity index (χ1) is 7.40. The topological polar surface area (TPSA) is 60.1 Å². The average Bonchev–Trinajstić information content (AvgIpc) is 2.68. The SMILES string of the molecule is O=C=Nc1nncn1Cc1ccccc1. The van der Waals surface area contributed by atoms with Crippen molar-refractivity contribution in [2.24, 2.45) is 4.99 Å². The average molecular weight is 200 g/mol. The van der Waals surface area contributed by atoms with Crippen LogP contribution in [-0.4, -0.2) is 20.8 Å². The summed E-state index contributed by atoms with van der Waals surface area (Å²) in [7, 11) is 0. The van der Waals surface area contributed by atoms with Gasteiger partial charge in [-0.1, -0.05) is 30.3 Å². The Bertz CT molecular complexity index is 485. The second kappa shape index (κ2) is 4.30. The number of nitrogens with zero attached hydrogens (tertiary/aromatic N) is 4. The maximum Gasteiger partial charge on any atom is 0.261 e. The molecule has 0 saturated carbocycles. The minimum atomic E-state index is 0.272. The van der Waals surface area contributed by atoms with Gasteiger partial charge >= 0.3 is 0 Å². The number of hydrogen-bond donors (Lipinski definition) is 0. The third-order valence-electron chi connectivity index (χ3n) is 1.94. The van der Waals surface area contributed by atoms with Crippen LogP contribution in [-0.2, 0) is 11.3 Å². The largest absolute Gasteiger partial charge is 0.293 e. The van der Waals surface area contributed by atoms with Crippen molar-refractivity contribution in [1.29, 1.82) is 0 Å². The maximum absolute atomic E-state index is 10.1. The summed E-state index contributed by atoms with van der Waals surface area (Å²) in [6.45, 7) is 0.592. The van der Waals surface area contributed by atoms with Crippen molar-refractivity contribution in [2.75, 3.05) is 0 Å². The Morgan fingerprint density at radius 2 is 2.13 bits per heavy atom. The predicted molar refractivity (Wildman–Crippen MR) is 53.3 cm³/mol. The molecule has 2 rings (SSSR count). The fourth-order valence-electron chi connectivity index (χ4n) is 1.27. The van der Waals surface area contributed by atoms with Crippen LogP contribution < -0.4 is 0 Å². The highest BCUT2D eigenvalue weighted by molar-refractivity contribution is 5.41. The molecule has 0 N–H and O–H groups in total. The fraction of sp³-hybridized carbons (Fsp3) is 0.100. The molecule has 1 aromatic heterocycles. The van der Waals surface area contributed by atoms with Crippen LogP contribution in [0.3, 0.4) is 0 Å². The van der Waals surface area contributed by atoms with Crippen molar-refractivity contribution in [3.63, 3.8) is 0 Å². The van der Waals surface area contributed by atoms with E-state index in [2.05, 4.69) is 15.2 Å². The van der Waals surface area contributed by atoms with Crippen LogP contribution in [0, 0.1) is 0 Å². The molecule has 5 heteroatoms. The Morgan fingerprint density at radius 1 is 1.33 bits per heavy atom. The van der Waals surface area contributed by atoms with E-state index in [1.807, 2.05) is 30.3 Å². The van der Waals surface area contributed by atoms with E-state index in [1.54, 1.807) is 4.57 Å². The summed E-state index contributed by atoms with van der Waals surface area (Å²) in [6, 6.07) is 9.80. The van der Waals surface area contributed by atoms with E-state index in [0.717, 1.165) is 5.56 Å². The molecule has 0 atom stereocenters. The first-order valence-electron chi connectivity index (χ1n) is 4.40. The fourth-order valence-corrected chi connectivity index (χ4v) is 1.27. The number of benzene rings is 1. The second-order valence-corrected chi connectivity index (χ2v) is 2.95. The molecular formula is C10H8N4O. The molecule has 0 amide bonds. The highest BCUT2D eigenvalue weighted by Gasteiger charge is 2.02. The van der Waals surface area contributed by atoms with E-state index in [4.69, 9.17) is 0 Å². The quantitative estimate of drug-likeness (QED) is 0.554. The molecule has 0 unspecified atom stereocenters. The number of rotatable bonds is 3. The third-order valence-corrected chi connectivity index (χ3v) is 1.94. The lowest BCUT2D eigenvalue weighted by atomic mass is 10.2. The molecule has 74 valence electrons. The van der Waals surface area contributed by atoms with Gasteiger partial charge in [-0.05, 0) is 5.56 Å². The Balaban J connectivity index is 2.25. The minimum absolute atomic E-state index is 0.272. The Hall–Kier alpha value is -2.26. The first kappa shape index (κ1) is 9.30. The predicted octanol–water partition coefficient (Wildman–Crippen LogP) is 1.29. The summed E-state index contributed by atoms with van der Waals surface area (Å²) in [5.74, 6) is 0.272. The lowest BCUT2D eigenvalue weighted by Crippen LogP contribution is -1.97.